The predicted octanol–water partition coefficient (Wildman–Crippen LogP) is 3.43. The summed E-state index contributed by atoms with van der Waals surface area (Å²) in [7, 11) is 0. The van der Waals surface area contributed by atoms with Crippen LogP contribution in [-0.4, -0.2) is 16.5 Å². The summed E-state index contributed by atoms with van der Waals surface area (Å²) in [6.45, 7) is 1.66. The third kappa shape index (κ3) is 2.18. The topological polar surface area (TPSA) is 49.0 Å². The molecule has 1 aliphatic carbocycles. The number of hydrogen-bond donors (Lipinski definition) is 1. The van der Waals surface area contributed by atoms with Gasteiger partial charge in [-0.15, -0.1) is 11.3 Å². The zero-order valence-corrected chi connectivity index (χ0v) is 14.3. The van der Waals surface area contributed by atoms with E-state index in [1.54, 1.807) is 11.3 Å². The third-order valence-corrected chi connectivity index (χ3v) is 6.38. The average molecular weight is 337 g/mol. The van der Waals surface area contributed by atoms with Gasteiger partial charge in [-0.25, -0.2) is 4.98 Å². The lowest BCUT2D eigenvalue weighted by Crippen LogP contribution is -2.23. The van der Waals surface area contributed by atoms with Crippen LogP contribution in [0.4, 0.5) is 5.69 Å². The molecule has 1 aliphatic heterocycles. The number of aromatic nitrogens is 2. The highest BCUT2D eigenvalue weighted by Gasteiger charge is 2.22. The molecule has 0 unspecified atom stereocenters. The van der Waals surface area contributed by atoms with E-state index >= 15 is 0 Å². The maximum atomic E-state index is 12.6. The Morgan fingerprint density at radius 3 is 3.00 bits per heavy atom. The van der Waals surface area contributed by atoms with Crippen LogP contribution in [0.2, 0.25) is 0 Å². The van der Waals surface area contributed by atoms with E-state index in [0.29, 0.717) is 6.54 Å². The Hall–Kier alpha value is -2.14. The Balaban J connectivity index is 1.53. The molecule has 2 aliphatic rings. The summed E-state index contributed by atoms with van der Waals surface area (Å²) in [6.07, 6.45) is 5.61. The number of H-pyrrole nitrogens is 1. The Morgan fingerprint density at radius 1 is 1.17 bits per heavy atom. The Morgan fingerprint density at radius 2 is 2.04 bits per heavy atom. The Kier molecular flexibility index (Phi) is 3.23. The van der Waals surface area contributed by atoms with Crippen molar-refractivity contribution in [1.29, 1.82) is 0 Å². The monoisotopic (exact) mass is 337 g/mol. The lowest BCUT2D eigenvalue weighted by molar-refractivity contribution is 0.699. The molecule has 3 aromatic rings. The molecule has 0 saturated carbocycles. The third-order valence-electron chi connectivity index (χ3n) is 5.20. The highest BCUT2D eigenvalue weighted by molar-refractivity contribution is 7.18. The SMILES string of the molecule is O=c1[nH]c(CN2CCc3ccccc32)nc2sc3c(c12)CCCC3. The van der Waals surface area contributed by atoms with Crippen LogP contribution in [0.5, 0.6) is 0 Å². The zero-order valence-electron chi connectivity index (χ0n) is 13.5. The second kappa shape index (κ2) is 5.45. The van der Waals surface area contributed by atoms with Gasteiger partial charge in [0.05, 0.1) is 11.9 Å². The summed E-state index contributed by atoms with van der Waals surface area (Å²) in [5.74, 6) is 0.780. The van der Waals surface area contributed by atoms with Crippen LogP contribution in [0, 0.1) is 0 Å². The fourth-order valence-electron chi connectivity index (χ4n) is 4.03. The van der Waals surface area contributed by atoms with Crippen molar-refractivity contribution in [2.75, 3.05) is 11.4 Å². The first-order chi connectivity index (χ1) is 11.8. The summed E-state index contributed by atoms with van der Waals surface area (Å²) in [5.41, 5.74) is 3.95. The summed E-state index contributed by atoms with van der Waals surface area (Å²) in [6, 6.07) is 8.50. The number of aromatic amines is 1. The van der Waals surface area contributed by atoms with Gasteiger partial charge in [-0.3, -0.25) is 4.79 Å². The van der Waals surface area contributed by atoms with E-state index in [1.165, 1.54) is 34.5 Å². The van der Waals surface area contributed by atoms with Gasteiger partial charge in [-0.05, 0) is 49.3 Å². The molecule has 1 aromatic carbocycles. The van der Waals surface area contributed by atoms with Gasteiger partial charge in [0.15, 0.2) is 0 Å². The Labute approximate surface area is 144 Å². The summed E-state index contributed by atoms with van der Waals surface area (Å²) >= 11 is 1.72. The van der Waals surface area contributed by atoms with Crippen molar-refractivity contribution in [3.05, 3.63) is 56.4 Å². The fraction of sp³-hybridized carbons (Fsp3) is 0.368. The second-order valence-electron chi connectivity index (χ2n) is 6.70. The van der Waals surface area contributed by atoms with E-state index in [4.69, 9.17) is 4.98 Å². The molecule has 1 N–H and O–H groups in total. The first kappa shape index (κ1) is 14.2. The maximum Gasteiger partial charge on any atom is 0.259 e. The number of thiophene rings is 1. The second-order valence-corrected chi connectivity index (χ2v) is 7.79. The van der Waals surface area contributed by atoms with Crippen molar-refractivity contribution < 1.29 is 0 Å². The summed E-state index contributed by atoms with van der Waals surface area (Å²) in [5, 5.41) is 0.847. The first-order valence-corrected chi connectivity index (χ1v) is 9.47. The van der Waals surface area contributed by atoms with Gasteiger partial charge in [-0.2, -0.15) is 0 Å². The van der Waals surface area contributed by atoms with Gasteiger partial charge in [0, 0.05) is 17.1 Å². The van der Waals surface area contributed by atoms with Crippen molar-refractivity contribution in [3.63, 3.8) is 0 Å². The zero-order chi connectivity index (χ0) is 16.1. The normalized spacial score (nSPS) is 16.4. The van der Waals surface area contributed by atoms with E-state index in [-0.39, 0.29) is 5.56 Å². The van der Waals surface area contributed by atoms with Gasteiger partial charge < -0.3 is 9.88 Å². The highest BCUT2D eigenvalue weighted by Crippen LogP contribution is 2.34. The number of nitrogens with zero attached hydrogens (tertiary/aromatic N) is 2. The molecule has 0 amide bonds. The molecule has 3 heterocycles. The predicted molar refractivity (Wildman–Crippen MR) is 98.1 cm³/mol. The van der Waals surface area contributed by atoms with Crippen molar-refractivity contribution >= 4 is 27.2 Å². The van der Waals surface area contributed by atoms with Crippen LogP contribution in [0.1, 0.15) is 34.7 Å². The van der Waals surface area contributed by atoms with Gasteiger partial charge in [0.25, 0.3) is 5.56 Å². The van der Waals surface area contributed by atoms with E-state index in [1.807, 2.05) is 0 Å². The minimum Gasteiger partial charge on any atom is -0.364 e. The molecule has 4 nitrogen and oxygen atoms in total. The Bertz CT molecular complexity index is 988. The molecule has 0 bridgehead atoms. The molecule has 5 heteroatoms. The van der Waals surface area contributed by atoms with Gasteiger partial charge in [0.1, 0.15) is 10.7 Å². The molecule has 24 heavy (non-hydrogen) atoms. The maximum absolute atomic E-state index is 12.6. The molecular formula is C19H19N3OS. The average Bonchev–Trinajstić information content (AvgIpc) is 3.16. The number of anilines is 1. The number of benzene rings is 1. The van der Waals surface area contributed by atoms with Gasteiger partial charge in [-0.1, -0.05) is 18.2 Å². The van der Waals surface area contributed by atoms with E-state index in [2.05, 4.69) is 34.1 Å². The molecule has 5 rings (SSSR count). The fourth-order valence-corrected chi connectivity index (χ4v) is 5.32. The van der Waals surface area contributed by atoms with Crippen LogP contribution in [0.25, 0.3) is 10.2 Å². The largest absolute Gasteiger partial charge is 0.364 e. The van der Waals surface area contributed by atoms with Crippen molar-refractivity contribution in [2.24, 2.45) is 0 Å². The lowest BCUT2D eigenvalue weighted by Gasteiger charge is -2.18. The summed E-state index contributed by atoms with van der Waals surface area (Å²) in [4.78, 5) is 25.1. The van der Waals surface area contributed by atoms with Crippen molar-refractivity contribution in [1.82, 2.24) is 9.97 Å². The molecule has 0 saturated heterocycles. The van der Waals surface area contributed by atoms with Crippen LogP contribution >= 0.6 is 11.3 Å². The van der Waals surface area contributed by atoms with E-state index in [9.17, 15) is 4.79 Å². The molecular weight excluding hydrogens is 318 g/mol. The number of hydrogen-bond acceptors (Lipinski definition) is 4. The first-order valence-electron chi connectivity index (χ1n) is 8.66. The number of fused-ring (bicyclic) bond motifs is 4. The van der Waals surface area contributed by atoms with Crippen LogP contribution < -0.4 is 10.5 Å². The smallest absolute Gasteiger partial charge is 0.259 e. The van der Waals surface area contributed by atoms with E-state index < -0.39 is 0 Å². The van der Waals surface area contributed by atoms with Crippen molar-refractivity contribution in [3.8, 4) is 0 Å². The summed E-state index contributed by atoms with van der Waals surface area (Å²) < 4.78 is 0. The number of aryl methyl sites for hydroxylation is 2. The minimum atomic E-state index is 0.0434. The number of rotatable bonds is 2. The van der Waals surface area contributed by atoms with Gasteiger partial charge in [0.2, 0.25) is 0 Å². The molecule has 2 aromatic heterocycles. The quantitative estimate of drug-likeness (QED) is 0.779. The number of nitrogens with one attached hydrogen (secondary N) is 1. The van der Waals surface area contributed by atoms with E-state index in [0.717, 1.165) is 41.8 Å². The van der Waals surface area contributed by atoms with Crippen molar-refractivity contribution in [2.45, 2.75) is 38.6 Å². The van der Waals surface area contributed by atoms with Gasteiger partial charge >= 0.3 is 0 Å². The molecule has 0 fully saturated rings. The molecule has 122 valence electrons. The van der Waals surface area contributed by atoms with Crippen LogP contribution in [0.15, 0.2) is 29.1 Å². The molecule has 0 atom stereocenters. The van der Waals surface area contributed by atoms with Crippen LogP contribution in [-0.2, 0) is 25.8 Å². The van der Waals surface area contributed by atoms with Crippen LogP contribution in [0.3, 0.4) is 0 Å². The number of para-hydroxylation sites is 1. The highest BCUT2D eigenvalue weighted by atomic mass is 32.1. The minimum absolute atomic E-state index is 0.0434. The molecule has 0 radical (unpaired) electrons. The standard InChI is InChI=1S/C19H19N3OS/c23-18-17-13-6-2-4-8-15(13)24-19(17)21-16(20-18)11-22-10-9-12-5-1-3-7-14(12)22/h1,3,5,7H,2,4,6,8-11H2,(H,20,21,23). The lowest BCUT2D eigenvalue weighted by atomic mass is 9.97. The molecule has 0 spiro atoms.